The lowest BCUT2D eigenvalue weighted by molar-refractivity contribution is -0.396. The maximum absolute atomic E-state index is 11.9. The molecule has 0 radical (unpaired) electrons. The predicted molar refractivity (Wildman–Crippen MR) is 233 cm³/mol. The second kappa shape index (κ2) is 29.8. The van der Waals surface area contributed by atoms with E-state index >= 15 is 0 Å². The molecule has 0 saturated carbocycles. The van der Waals surface area contributed by atoms with Gasteiger partial charge in [-0.3, -0.25) is 9.59 Å². The van der Waals surface area contributed by atoms with Crippen LogP contribution in [0.25, 0.3) is 0 Å². The molecule has 5 saturated heterocycles. The zero-order valence-electron chi connectivity index (χ0n) is 40.7. The Hall–Kier alpha value is -2.48. The molecule has 0 amide bonds. The first-order valence-corrected chi connectivity index (χ1v) is 23.9. The largest absolute Gasteiger partial charge is 0.394 e. The fourth-order valence-corrected chi connectivity index (χ4v) is 8.87. The molecule has 440 valence electrons. The van der Waals surface area contributed by atoms with Gasteiger partial charge >= 0.3 is 0 Å². The normalized spacial score (nSPS) is 43.9. The third-order valence-electron chi connectivity index (χ3n) is 13.1. The van der Waals surface area contributed by atoms with E-state index in [1.165, 1.54) is 0 Å². The average molecular weight is 1120 g/mol. The lowest BCUT2D eigenvalue weighted by atomic mass is 9.89. The fraction of sp³-hybridized carbons (Fsp3) is 0.907. The number of carbonyl (C=O) groups excluding carboxylic acids is 4. The summed E-state index contributed by atoms with van der Waals surface area (Å²) in [6.45, 7) is -3.33. The van der Waals surface area contributed by atoms with Crippen LogP contribution >= 0.6 is 0 Å². The van der Waals surface area contributed by atoms with Crippen molar-refractivity contribution in [3.05, 3.63) is 0 Å². The second-order valence-corrected chi connectivity index (χ2v) is 18.5. The minimum atomic E-state index is -2.37. The number of aliphatic hydroxyl groups is 16. The van der Waals surface area contributed by atoms with Crippen molar-refractivity contribution in [1.29, 1.82) is 0 Å². The van der Waals surface area contributed by atoms with E-state index in [0.29, 0.717) is 0 Å². The molecule has 16 N–H and O–H groups in total. The first-order valence-electron chi connectivity index (χ1n) is 23.9. The lowest BCUT2D eigenvalue weighted by Gasteiger charge is -2.50. The summed E-state index contributed by atoms with van der Waals surface area (Å²) in [4.78, 5) is 46.3. The van der Waals surface area contributed by atoms with Gasteiger partial charge in [-0.2, -0.15) is 0 Å². The van der Waals surface area contributed by atoms with Gasteiger partial charge in [-0.1, -0.05) is 13.8 Å². The lowest BCUT2D eigenvalue weighted by Crippen LogP contribution is -2.68. The number of aliphatic hydroxyl groups excluding tert-OH is 16. The number of hydrogen-bond donors (Lipinski definition) is 16. The topological polar surface area (TPSA) is 512 Å². The molecule has 33 heteroatoms. The molecule has 5 aliphatic rings. The first kappa shape index (κ1) is 64.3. The van der Waals surface area contributed by atoms with Crippen LogP contribution in [0, 0.1) is 5.92 Å². The van der Waals surface area contributed by atoms with Gasteiger partial charge in [0, 0.05) is 0 Å². The van der Waals surface area contributed by atoms with E-state index in [1.807, 2.05) is 0 Å². The van der Waals surface area contributed by atoms with E-state index in [-0.39, 0.29) is 25.1 Å². The molecule has 5 rings (SSSR count). The summed E-state index contributed by atoms with van der Waals surface area (Å²) in [6, 6.07) is 0. The van der Waals surface area contributed by atoms with E-state index in [2.05, 4.69) is 0 Å². The molecular weight excluding hydrogens is 1040 g/mol. The fourth-order valence-electron chi connectivity index (χ4n) is 8.87. The Bertz CT molecular complexity index is 1760. The highest BCUT2D eigenvalue weighted by Crippen LogP contribution is 2.37. The molecule has 29 unspecified atom stereocenters. The number of rotatable bonds is 28. The second-order valence-electron chi connectivity index (χ2n) is 18.5. The molecule has 0 aromatic rings. The molecule has 0 aromatic heterocycles. The van der Waals surface area contributed by atoms with Crippen LogP contribution < -0.4 is 0 Å². The monoisotopic (exact) mass is 1110 g/mol. The molecular formula is C43H70O33. The van der Waals surface area contributed by atoms with Crippen LogP contribution in [0.3, 0.4) is 0 Å². The molecule has 0 bridgehead atoms. The van der Waals surface area contributed by atoms with Crippen molar-refractivity contribution in [1.82, 2.24) is 0 Å². The Balaban J connectivity index is 1.43. The third kappa shape index (κ3) is 14.9. The van der Waals surface area contributed by atoms with E-state index in [9.17, 15) is 101 Å². The Morgan fingerprint density at radius 1 is 0.395 bits per heavy atom. The van der Waals surface area contributed by atoms with Crippen molar-refractivity contribution in [3.63, 3.8) is 0 Å². The summed E-state index contributed by atoms with van der Waals surface area (Å²) in [6.07, 6.45) is -55.8. The van der Waals surface area contributed by atoms with E-state index < -0.39 is 230 Å². The minimum Gasteiger partial charge on any atom is -0.394 e. The summed E-state index contributed by atoms with van der Waals surface area (Å²) in [5.74, 6) is -0.408. The molecule has 0 aromatic carbocycles. The maximum atomic E-state index is 11.9. The molecule has 29 atom stereocenters. The van der Waals surface area contributed by atoms with Crippen LogP contribution in [0.5, 0.6) is 0 Å². The third-order valence-corrected chi connectivity index (χ3v) is 13.1. The molecule has 33 nitrogen and oxygen atoms in total. The zero-order chi connectivity index (χ0) is 56.3. The Morgan fingerprint density at radius 2 is 0.711 bits per heavy atom. The van der Waals surface area contributed by atoms with Gasteiger partial charge in [-0.25, -0.2) is 0 Å². The number of carbonyl (C=O) groups is 4. The smallest absolute Gasteiger partial charge is 0.215 e. The van der Waals surface area contributed by atoms with Crippen LogP contribution in [-0.4, -0.2) is 331 Å². The summed E-state index contributed by atoms with van der Waals surface area (Å²) in [5, 5.41) is 173. The molecule has 76 heavy (non-hydrogen) atoms. The zero-order valence-corrected chi connectivity index (χ0v) is 40.7. The highest BCUT2D eigenvalue weighted by molar-refractivity contribution is 5.59. The van der Waals surface area contributed by atoms with E-state index in [4.69, 9.17) is 61.6 Å². The average Bonchev–Trinajstić information content (AvgIpc) is 3.42. The van der Waals surface area contributed by atoms with Gasteiger partial charge in [0.25, 0.3) is 0 Å². The molecule has 5 fully saturated rings. The van der Waals surface area contributed by atoms with Gasteiger partial charge in [0.05, 0.1) is 52.4 Å². The first-order chi connectivity index (χ1) is 36.2. The quantitative estimate of drug-likeness (QED) is 0.0255. The minimum absolute atomic E-state index is 0.0266. The summed E-state index contributed by atoms with van der Waals surface area (Å²) in [7, 11) is 0. The SMILES string of the molecule is CC(C)C1OC(CO)C(O)C(OC2OC(CO)C(O)C(OC3OC(CO)C(O)C(OC4OC(COC(C=O)OC(C=O)CO)C(O)C(OC5OC(CO)C(O)C(OC(C=O)OC(C=O)CO)C5O)C4O)C3O)C2O)C1O. The van der Waals surface area contributed by atoms with Gasteiger partial charge in [0.15, 0.2) is 50.3 Å². The molecule has 0 spiro atoms. The Morgan fingerprint density at radius 3 is 1.05 bits per heavy atom. The van der Waals surface area contributed by atoms with E-state index in [0.717, 1.165) is 0 Å². The predicted octanol–water partition coefficient (Wildman–Crippen LogP) is -12.0. The van der Waals surface area contributed by atoms with Crippen molar-refractivity contribution in [3.8, 4) is 0 Å². The van der Waals surface area contributed by atoms with Crippen molar-refractivity contribution in [2.75, 3.05) is 46.2 Å². The van der Waals surface area contributed by atoms with Crippen molar-refractivity contribution in [2.45, 2.75) is 192 Å². The van der Waals surface area contributed by atoms with Crippen LogP contribution in [0.2, 0.25) is 0 Å². The van der Waals surface area contributed by atoms with Crippen molar-refractivity contribution < 1.29 is 162 Å². The van der Waals surface area contributed by atoms with Gasteiger partial charge in [-0.15, -0.1) is 0 Å². The van der Waals surface area contributed by atoms with Gasteiger partial charge < -0.3 is 153 Å². The summed E-state index contributed by atoms with van der Waals surface area (Å²) in [5.41, 5.74) is 0. The summed E-state index contributed by atoms with van der Waals surface area (Å²) < 4.78 is 72.2. The standard InChI is InChI=1S/C43H70O33/c1-14(2)34-29(59)35(24(54)17(7-48)67-34)73-41-31(61)37(26(56)19(9-50)69-41)74-42-32(62)38(27(57)20(10-51)70-42)75-43-33(63)39(28(58)21(71-43)13-64-22(11-52)65-15(3-44)4-45)76-40-30(60)36(25(55)18(8-49)68-40)72-23(12-53)66-16(5-46)6-47/h3,5,11-12,14-43,45,47-51,54-63H,4,6-10,13H2,1-2H3. The number of hydrogen-bond acceptors (Lipinski definition) is 33. The van der Waals surface area contributed by atoms with E-state index in [1.54, 1.807) is 13.8 Å². The van der Waals surface area contributed by atoms with Crippen LogP contribution in [0.15, 0.2) is 0 Å². The Labute approximate surface area is 431 Å². The maximum Gasteiger partial charge on any atom is 0.215 e. The Kier molecular flexibility index (Phi) is 25.3. The number of ether oxygens (including phenoxy) is 13. The van der Waals surface area contributed by atoms with Crippen LogP contribution in [0.1, 0.15) is 13.8 Å². The molecule has 5 heterocycles. The number of aldehydes is 4. The van der Waals surface area contributed by atoms with Crippen LogP contribution in [0.4, 0.5) is 0 Å². The van der Waals surface area contributed by atoms with Crippen LogP contribution in [-0.2, 0) is 80.8 Å². The highest BCUT2D eigenvalue weighted by Gasteiger charge is 2.57. The van der Waals surface area contributed by atoms with Crippen molar-refractivity contribution >= 4 is 25.1 Å². The van der Waals surface area contributed by atoms with Gasteiger partial charge in [0.1, 0.15) is 134 Å². The molecule has 5 aliphatic heterocycles. The highest BCUT2D eigenvalue weighted by atomic mass is 16.8. The summed E-state index contributed by atoms with van der Waals surface area (Å²) >= 11 is 0. The van der Waals surface area contributed by atoms with Crippen molar-refractivity contribution in [2.24, 2.45) is 5.92 Å². The van der Waals surface area contributed by atoms with Gasteiger partial charge in [0.2, 0.25) is 12.6 Å². The van der Waals surface area contributed by atoms with Gasteiger partial charge in [-0.05, 0) is 5.92 Å². The molecule has 0 aliphatic carbocycles.